The number of hydrogen-bond donors (Lipinski definition) is 1. The lowest BCUT2D eigenvalue weighted by molar-refractivity contribution is -0.135. The zero-order valence-electron chi connectivity index (χ0n) is 10.5. The second-order valence-corrected chi connectivity index (χ2v) is 6.24. The Balaban J connectivity index is 3.40. The number of carbonyl (C=O) groups is 1. The van der Waals surface area contributed by atoms with Crippen molar-refractivity contribution < 1.29 is 23.1 Å². The summed E-state index contributed by atoms with van der Waals surface area (Å²) in [6.07, 6.45) is 0. The Kier molecular flexibility index (Phi) is 5.02. The van der Waals surface area contributed by atoms with Crippen LogP contribution in [0.1, 0.15) is 6.92 Å². The Morgan fingerprint density at radius 2 is 2.11 bits per heavy atom. The SMILES string of the molecule is CCS(=O)(=O)N(CC(=O)O)c1cc(Cl)ccc1OC. The number of rotatable bonds is 6. The van der Waals surface area contributed by atoms with E-state index in [1.54, 1.807) is 0 Å². The van der Waals surface area contributed by atoms with Gasteiger partial charge in [0.15, 0.2) is 0 Å². The summed E-state index contributed by atoms with van der Waals surface area (Å²) in [5, 5.41) is 9.15. The number of carboxylic acid groups (broad SMARTS) is 1. The van der Waals surface area contributed by atoms with Gasteiger partial charge in [0.2, 0.25) is 10.0 Å². The Hall–Kier alpha value is -1.47. The topological polar surface area (TPSA) is 83.9 Å². The van der Waals surface area contributed by atoms with Crippen molar-refractivity contribution in [2.75, 3.05) is 23.7 Å². The highest BCUT2D eigenvalue weighted by Gasteiger charge is 2.26. The molecule has 0 radical (unpaired) electrons. The summed E-state index contributed by atoms with van der Waals surface area (Å²) in [5.41, 5.74) is 0.110. The van der Waals surface area contributed by atoms with Crippen LogP contribution in [-0.2, 0) is 14.8 Å². The first kappa shape index (κ1) is 15.6. The summed E-state index contributed by atoms with van der Waals surface area (Å²) in [4.78, 5) is 10.9. The number of ether oxygens (including phenoxy) is 1. The van der Waals surface area contributed by atoms with Gasteiger partial charge in [-0.25, -0.2) is 8.42 Å². The molecule has 1 rings (SSSR count). The van der Waals surface area contributed by atoms with Gasteiger partial charge in [0.1, 0.15) is 12.3 Å². The zero-order valence-corrected chi connectivity index (χ0v) is 12.0. The van der Waals surface area contributed by atoms with Crippen molar-refractivity contribution >= 4 is 33.3 Å². The van der Waals surface area contributed by atoms with Crippen LogP contribution in [0.3, 0.4) is 0 Å². The van der Waals surface area contributed by atoms with E-state index < -0.39 is 22.5 Å². The van der Waals surface area contributed by atoms with E-state index in [0.717, 1.165) is 4.31 Å². The third-order valence-corrected chi connectivity index (χ3v) is 4.35. The maximum absolute atomic E-state index is 12.0. The molecular weight excluding hydrogens is 294 g/mol. The number of aliphatic carboxylic acids is 1. The molecule has 0 aliphatic heterocycles. The smallest absolute Gasteiger partial charge is 0.324 e. The van der Waals surface area contributed by atoms with Crippen LogP contribution in [0, 0.1) is 0 Å². The molecule has 0 amide bonds. The number of hydrogen-bond acceptors (Lipinski definition) is 4. The lowest BCUT2D eigenvalue weighted by Crippen LogP contribution is -2.37. The van der Waals surface area contributed by atoms with Crippen molar-refractivity contribution in [3.63, 3.8) is 0 Å². The van der Waals surface area contributed by atoms with Gasteiger partial charge in [-0.05, 0) is 25.1 Å². The number of carboxylic acids is 1. The van der Waals surface area contributed by atoms with E-state index in [1.165, 1.54) is 32.2 Å². The minimum atomic E-state index is -3.74. The van der Waals surface area contributed by atoms with Gasteiger partial charge in [-0.15, -0.1) is 0 Å². The van der Waals surface area contributed by atoms with E-state index in [2.05, 4.69) is 0 Å². The van der Waals surface area contributed by atoms with Gasteiger partial charge in [0.25, 0.3) is 0 Å². The van der Waals surface area contributed by atoms with Crippen molar-refractivity contribution in [3.05, 3.63) is 23.2 Å². The number of halogens is 1. The molecule has 0 unspecified atom stereocenters. The van der Waals surface area contributed by atoms with Crippen molar-refractivity contribution in [2.45, 2.75) is 6.92 Å². The molecule has 8 heteroatoms. The minimum absolute atomic E-state index is 0.110. The van der Waals surface area contributed by atoms with Crippen molar-refractivity contribution in [1.82, 2.24) is 0 Å². The van der Waals surface area contributed by atoms with E-state index in [0.29, 0.717) is 0 Å². The fourth-order valence-corrected chi connectivity index (χ4v) is 2.70. The van der Waals surface area contributed by atoms with Crippen molar-refractivity contribution in [3.8, 4) is 5.75 Å². The van der Waals surface area contributed by atoms with Gasteiger partial charge in [0, 0.05) is 5.02 Å². The molecule has 0 aliphatic carbocycles. The summed E-state index contributed by atoms with van der Waals surface area (Å²) in [6.45, 7) is 0.744. The average Bonchev–Trinajstić information content (AvgIpc) is 2.35. The van der Waals surface area contributed by atoms with E-state index in [4.69, 9.17) is 21.4 Å². The maximum atomic E-state index is 12.0. The molecule has 1 N–H and O–H groups in total. The van der Waals surface area contributed by atoms with Gasteiger partial charge in [-0.1, -0.05) is 11.6 Å². The van der Waals surface area contributed by atoms with Gasteiger partial charge in [-0.2, -0.15) is 0 Å². The monoisotopic (exact) mass is 307 g/mol. The molecule has 0 heterocycles. The van der Waals surface area contributed by atoms with Crippen LogP contribution in [0.25, 0.3) is 0 Å². The quantitative estimate of drug-likeness (QED) is 0.862. The summed E-state index contributed by atoms with van der Waals surface area (Å²) in [5.74, 6) is -1.25. The number of anilines is 1. The molecule has 0 bridgehead atoms. The standard InChI is InChI=1S/C11H14ClNO5S/c1-3-19(16,17)13(7-11(14)15)9-6-8(12)4-5-10(9)18-2/h4-6H,3,7H2,1-2H3,(H,14,15). The van der Waals surface area contributed by atoms with Gasteiger partial charge < -0.3 is 9.84 Å². The van der Waals surface area contributed by atoms with E-state index in [-0.39, 0.29) is 22.2 Å². The van der Waals surface area contributed by atoms with Crippen LogP contribution >= 0.6 is 11.6 Å². The molecule has 1 aromatic rings. The average molecular weight is 308 g/mol. The number of nitrogens with zero attached hydrogens (tertiary/aromatic N) is 1. The first-order valence-electron chi connectivity index (χ1n) is 5.37. The minimum Gasteiger partial charge on any atom is -0.495 e. The molecule has 0 atom stereocenters. The molecule has 0 aliphatic rings. The van der Waals surface area contributed by atoms with Crippen LogP contribution in [-0.4, -0.2) is 38.9 Å². The number of methoxy groups -OCH3 is 1. The summed E-state index contributed by atoms with van der Waals surface area (Å²) in [7, 11) is -2.38. The van der Waals surface area contributed by atoms with E-state index in [9.17, 15) is 13.2 Å². The highest BCUT2D eigenvalue weighted by Crippen LogP contribution is 2.32. The molecular formula is C11H14ClNO5S. The fraction of sp³-hybridized carbons (Fsp3) is 0.364. The molecule has 0 fully saturated rings. The summed E-state index contributed by atoms with van der Waals surface area (Å²) >= 11 is 5.82. The third kappa shape index (κ3) is 3.74. The molecule has 19 heavy (non-hydrogen) atoms. The van der Waals surface area contributed by atoms with Crippen LogP contribution in [0.15, 0.2) is 18.2 Å². The largest absolute Gasteiger partial charge is 0.495 e. The molecule has 6 nitrogen and oxygen atoms in total. The Labute approximate surface area is 116 Å². The van der Waals surface area contributed by atoms with Crippen LogP contribution in [0.5, 0.6) is 5.75 Å². The zero-order chi connectivity index (χ0) is 14.6. The van der Waals surface area contributed by atoms with E-state index in [1.807, 2.05) is 0 Å². The molecule has 0 saturated carbocycles. The Morgan fingerprint density at radius 3 is 2.58 bits per heavy atom. The number of sulfonamides is 1. The molecule has 0 spiro atoms. The second-order valence-electron chi connectivity index (χ2n) is 3.62. The summed E-state index contributed by atoms with van der Waals surface area (Å²) < 4.78 is 29.8. The summed E-state index contributed by atoms with van der Waals surface area (Å²) in [6, 6.07) is 4.37. The predicted molar refractivity (Wildman–Crippen MR) is 72.4 cm³/mol. The third-order valence-electron chi connectivity index (χ3n) is 2.39. The first-order valence-corrected chi connectivity index (χ1v) is 7.36. The normalized spacial score (nSPS) is 11.1. The van der Waals surface area contributed by atoms with E-state index >= 15 is 0 Å². The molecule has 0 saturated heterocycles. The molecule has 0 aromatic heterocycles. The van der Waals surface area contributed by atoms with Gasteiger partial charge >= 0.3 is 5.97 Å². The fourth-order valence-electron chi connectivity index (χ4n) is 1.47. The lowest BCUT2D eigenvalue weighted by atomic mass is 10.3. The number of benzene rings is 1. The van der Waals surface area contributed by atoms with Crippen molar-refractivity contribution in [1.29, 1.82) is 0 Å². The van der Waals surface area contributed by atoms with Crippen LogP contribution in [0.4, 0.5) is 5.69 Å². The predicted octanol–water partition coefficient (Wildman–Crippen LogP) is 1.59. The highest BCUT2D eigenvalue weighted by molar-refractivity contribution is 7.92. The Morgan fingerprint density at radius 1 is 1.47 bits per heavy atom. The van der Waals surface area contributed by atoms with Crippen LogP contribution < -0.4 is 9.04 Å². The maximum Gasteiger partial charge on any atom is 0.324 e. The second kappa shape index (κ2) is 6.12. The van der Waals surface area contributed by atoms with Gasteiger partial charge in [-0.3, -0.25) is 9.10 Å². The van der Waals surface area contributed by atoms with Crippen LogP contribution in [0.2, 0.25) is 5.02 Å². The molecule has 106 valence electrons. The highest BCUT2D eigenvalue weighted by atomic mass is 35.5. The lowest BCUT2D eigenvalue weighted by Gasteiger charge is -2.23. The Bertz CT molecular complexity index is 572. The molecule has 1 aromatic carbocycles. The van der Waals surface area contributed by atoms with Crippen molar-refractivity contribution in [2.24, 2.45) is 0 Å². The van der Waals surface area contributed by atoms with Gasteiger partial charge in [0.05, 0.1) is 18.6 Å². The first-order chi connectivity index (χ1) is 8.81.